The molecular weight excluding hydrogens is 1100 g/mol. The van der Waals surface area contributed by atoms with Crippen LogP contribution in [0, 0.1) is 0 Å². The summed E-state index contributed by atoms with van der Waals surface area (Å²) in [5.74, 6) is -4.34. The quantitative estimate of drug-likeness (QED) is 0.0731. The van der Waals surface area contributed by atoms with E-state index in [9.17, 15) is 77.1 Å². The monoisotopic (exact) mass is 1110 g/mol. The van der Waals surface area contributed by atoms with E-state index in [0.29, 0.717) is 48.5 Å². The summed E-state index contributed by atoms with van der Waals surface area (Å²) >= 11 is 0. The molecule has 2 amide bonds. The summed E-state index contributed by atoms with van der Waals surface area (Å²) in [7, 11) is -21.1. The Morgan fingerprint density at radius 3 is 1.08 bits per heavy atom. The molecule has 330 valence electrons. The van der Waals surface area contributed by atoms with Crippen molar-refractivity contribution in [1.82, 2.24) is 0 Å². The molecule has 0 aliphatic carbocycles. The van der Waals surface area contributed by atoms with E-state index >= 15 is 0 Å². The normalized spacial score (nSPS) is 11.6. The Kier molecular flexibility index (Phi) is 24.2. The molecule has 0 heterocycles. The molecule has 23 nitrogen and oxygen atoms in total. The van der Waals surface area contributed by atoms with E-state index in [1.807, 2.05) is 0 Å². The maximum Gasteiger partial charge on any atom is 2.00 e. The van der Waals surface area contributed by atoms with Gasteiger partial charge in [-0.3, -0.25) is 0 Å². The zero-order valence-electron chi connectivity index (χ0n) is 33.5. The Hall–Kier alpha value is -1.81. The Labute approximate surface area is 483 Å². The van der Waals surface area contributed by atoms with Crippen molar-refractivity contribution in [3.05, 3.63) is 84.9 Å². The summed E-state index contributed by atoms with van der Waals surface area (Å²) < 4.78 is 141. The fraction of sp³-hybridized carbons (Fsp3) is 0. The Morgan fingerprint density at radius 2 is 0.773 bits per heavy atom. The second kappa shape index (κ2) is 24.8. The molecule has 0 aliphatic rings. The number of fused-ring (bicyclic) bond motifs is 2. The molecule has 2 radical (unpaired) electrons. The molecule has 6 aromatic rings. The van der Waals surface area contributed by atoms with Crippen LogP contribution in [0.15, 0.2) is 125 Å². The number of carbonyl (C=O) groups excluding carboxylic acids is 1. The van der Waals surface area contributed by atoms with Crippen LogP contribution in [-0.2, 0) is 74.6 Å². The van der Waals surface area contributed by atoms with Crippen molar-refractivity contribution in [2.45, 2.75) is 19.6 Å². The van der Waals surface area contributed by atoms with E-state index < -0.39 is 112 Å². The minimum absolute atomic E-state index is 0. The zero-order chi connectivity index (χ0) is 44.1. The minimum Gasteiger partial charge on any atom is -0.871 e. The Balaban J connectivity index is 0.00000704. The smallest absolute Gasteiger partial charge is 0.871 e. The minimum atomic E-state index is -5.49. The maximum atomic E-state index is 13.3. The molecule has 66 heavy (non-hydrogen) atoms. The number of anilines is 2. The van der Waals surface area contributed by atoms with Crippen LogP contribution in [0.3, 0.4) is 0 Å². The third-order valence-corrected chi connectivity index (χ3v) is 11.4. The number of azo groups is 2. The number of hydrogen-bond acceptors (Lipinski definition) is 21. The van der Waals surface area contributed by atoms with Gasteiger partial charge in [-0.1, -0.05) is 47.3 Å². The van der Waals surface area contributed by atoms with Gasteiger partial charge >= 0.3 is 158 Å². The summed E-state index contributed by atoms with van der Waals surface area (Å²) in [5.41, 5.74) is -3.90. The molecule has 2 N–H and O–H groups in total. The summed E-state index contributed by atoms with van der Waals surface area (Å²) in [6.45, 7) is 0. The molecule has 33 heteroatoms. The number of nitrogens with one attached hydrogen (secondary N) is 2. The van der Waals surface area contributed by atoms with Gasteiger partial charge < -0.3 is 49.3 Å². The molecule has 0 spiro atoms. The van der Waals surface area contributed by atoms with Crippen LogP contribution >= 0.6 is 0 Å². The fourth-order valence-corrected chi connectivity index (χ4v) is 7.63. The molecule has 0 unspecified atom stereocenters. The number of hydrogen-bond donors (Lipinski definition) is 2. The fourth-order valence-electron chi connectivity index (χ4n) is 5.36. The SMILES string of the molecule is O=C(Nc1ccc2c([O-])c(N=Nc3cc(S(=O)(=O)[O-])ccc3[O-])c(S(=O)(=O)[O-])cc2c1)Nc1ccc2c([O-])c(N=Nc3cc(S(=O)(=O)[O-])ccc3[O-])c(S(=O)(=O)[O-])cc2c1.[Cu+2].[Cu+2].[Na+].[Na+].[Na+].[Na+]. The number of amides is 2. The first-order chi connectivity index (χ1) is 27.8. The summed E-state index contributed by atoms with van der Waals surface area (Å²) in [6, 6.07) is 10.8. The largest absolute Gasteiger partial charge is 2.00 e. The number of carbonyl (C=O) groups is 1. The molecule has 0 bridgehead atoms. The van der Waals surface area contributed by atoms with Crippen LogP contribution in [0.25, 0.3) is 21.5 Å². The van der Waals surface area contributed by atoms with Crippen LogP contribution in [-0.4, -0.2) is 57.9 Å². The molecule has 0 saturated carbocycles. The molecule has 6 aromatic carbocycles. The van der Waals surface area contributed by atoms with E-state index in [2.05, 4.69) is 31.1 Å². The molecule has 0 fully saturated rings. The molecular formula is C33H16Cu2N6Na4O17S4. The van der Waals surface area contributed by atoms with Gasteiger partial charge in [-0.15, -0.1) is 10.2 Å². The van der Waals surface area contributed by atoms with E-state index in [0.717, 1.165) is 36.4 Å². The van der Waals surface area contributed by atoms with Crippen molar-refractivity contribution in [1.29, 1.82) is 0 Å². The van der Waals surface area contributed by atoms with Gasteiger partial charge in [-0.2, -0.15) is 10.2 Å². The number of nitrogens with zero attached hydrogens (tertiary/aromatic N) is 4. The van der Waals surface area contributed by atoms with Gasteiger partial charge in [0.2, 0.25) is 0 Å². The number of urea groups is 1. The summed E-state index contributed by atoms with van der Waals surface area (Å²) in [4.78, 5) is 8.74. The van der Waals surface area contributed by atoms with Crippen molar-refractivity contribution < 1.29 is 229 Å². The third-order valence-electron chi connectivity index (χ3n) is 8.07. The molecule has 0 saturated heterocycles. The number of benzene rings is 6. The van der Waals surface area contributed by atoms with E-state index in [1.54, 1.807) is 0 Å². The van der Waals surface area contributed by atoms with Crippen molar-refractivity contribution >= 4 is 102 Å². The van der Waals surface area contributed by atoms with Crippen LogP contribution in [0.5, 0.6) is 23.0 Å². The molecule has 0 aromatic heterocycles. The maximum absolute atomic E-state index is 13.3. The Morgan fingerprint density at radius 1 is 0.439 bits per heavy atom. The van der Waals surface area contributed by atoms with Crippen molar-refractivity contribution in [3.63, 3.8) is 0 Å². The van der Waals surface area contributed by atoms with Crippen molar-refractivity contribution in [3.8, 4) is 23.0 Å². The van der Waals surface area contributed by atoms with Crippen LogP contribution in [0.1, 0.15) is 0 Å². The van der Waals surface area contributed by atoms with Crippen LogP contribution in [0.4, 0.5) is 38.9 Å². The predicted octanol–water partition coefficient (Wildman–Crippen LogP) is -9.61. The first-order valence-electron chi connectivity index (χ1n) is 15.7. The van der Waals surface area contributed by atoms with Gasteiger partial charge in [-0.25, -0.2) is 38.5 Å². The van der Waals surface area contributed by atoms with Crippen LogP contribution < -0.4 is 149 Å². The summed E-state index contributed by atoms with van der Waals surface area (Å²) in [5, 5.41) is 68.2. The Bertz CT molecular complexity index is 3160. The van der Waals surface area contributed by atoms with E-state index in [-0.39, 0.29) is 185 Å². The first kappa shape index (κ1) is 64.2. The second-order valence-electron chi connectivity index (χ2n) is 12.0. The standard InChI is InChI=1S/C33H24N6O17S4.2Cu.4Na/c40-25-7-3-19(57(45,46)47)13-23(25)36-38-29-27(59(51,52)53)11-15-9-17(1-5-21(15)31(29)42)34-33(44)35-18-2-6-22-16(10-18)12-28(60(54,55)56)30(32(22)43)39-37-24-14-20(58(48,49)50)4-8-26(24)41;;;;;;/h1-14,40-43H,(H2,34,35,44)(H,45,46,47)(H,48,49,50)(H,51,52,53)(H,54,55,56);;;;;;/q;2*+2;4*+1/p-8. The zero-order valence-corrected chi connectivity index (χ0v) is 46.7. The van der Waals surface area contributed by atoms with E-state index in [4.69, 9.17) is 0 Å². The molecule has 0 aliphatic heterocycles. The predicted molar refractivity (Wildman–Crippen MR) is 191 cm³/mol. The van der Waals surface area contributed by atoms with E-state index in [1.165, 1.54) is 0 Å². The number of rotatable bonds is 10. The summed E-state index contributed by atoms with van der Waals surface area (Å²) in [6.07, 6.45) is 0. The van der Waals surface area contributed by atoms with Gasteiger partial charge in [-0.05, 0) is 82.2 Å². The average molecular weight is 1120 g/mol. The average Bonchev–Trinajstić information content (AvgIpc) is 3.13. The van der Waals surface area contributed by atoms with Gasteiger partial charge in [0.25, 0.3) is 0 Å². The van der Waals surface area contributed by atoms with Crippen LogP contribution in [0.2, 0.25) is 0 Å². The van der Waals surface area contributed by atoms with Gasteiger partial charge in [0.15, 0.2) is 0 Å². The van der Waals surface area contributed by atoms with Crippen molar-refractivity contribution in [2.24, 2.45) is 20.5 Å². The molecule has 6 rings (SSSR count). The first-order valence-corrected chi connectivity index (χ1v) is 21.4. The topological polar surface area (TPSA) is 412 Å². The van der Waals surface area contributed by atoms with Gasteiger partial charge in [0.05, 0.1) is 42.3 Å². The van der Waals surface area contributed by atoms with Gasteiger partial charge in [0.1, 0.15) is 40.5 Å². The third kappa shape index (κ3) is 15.1. The second-order valence-corrected chi connectivity index (χ2v) is 17.5. The van der Waals surface area contributed by atoms with Gasteiger partial charge in [0, 0.05) is 11.4 Å². The van der Waals surface area contributed by atoms with Crippen molar-refractivity contribution in [2.75, 3.05) is 10.6 Å². The molecule has 0 atom stereocenters.